The van der Waals surface area contributed by atoms with E-state index < -0.39 is 0 Å². The van der Waals surface area contributed by atoms with E-state index in [1.54, 1.807) is 0 Å². The molecule has 1 atom stereocenters. The van der Waals surface area contributed by atoms with Crippen LogP contribution in [0.3, 0.4) is 0 Å². The Morgan fingerprint density at radius 3 is 2.82 bits per heavy atom. The molecule has 1 aliphatic heterocycles. The Hall–Kier alpha value is -3.05. The molecule has 5 nitrogen and oxygen atoms in total. The van der Waals surface area contributed by atoms with Crippen LogP contribution < -0.4 is 4.74 Å². The van der Waals surface area contributed by atoms with Gasteiger partial charge in [0, 0.05) is 47.1 Å². The molecule has 5 rings (SSSR count). The molecular formula is C23H24N4O. The number of para-hydroxylation sites is 2. The standard InChI is InChI=1S/C23H24N4O/c1-2-28-21-10-6-4-8-19(21)23-22-18(17-7-3-5-9-20(17)25-22)12-14-27(23)15-16-11-13-24-26-16/h3-11,13,23,25H,2,12,14-15H2,1H3,(H,24,26)/t23-/m1/s1. The average molecular weight is 372 g/mol. The minimum Gasteiger partial charge on any atom is -0.494 e. The number of hydrogen-bond acceptors (Lipinski definition) is 3. The van der Waals surface area contributed by atoms with Crippen molar-refractivity contribution >= 4 is 10.9 Å². The summed E-state index contributed by atoms with van der Waals surface area (Å²) in [5.41, 5.74) is 6.23. The van der Waals surface area contributed by atoms with Gasteiger partial charge in [-0.3, -0.25) is 10.00 Å². The lowest BCUT2D eigenvalue weighted by Crippen LogP contribution is -2.36. The minimum atomic E-state index is 0.113. The fourth-order valence-electron chi connectivity index (χ4n) is 4.40. The maximum absolute atomic E-state index is 6.00. The molecule has 2 aromatic carbocycles. The van der Waals surface area contributed by atoms with Crippen LogP contribution in [0, 0.1) is 0 Å². The van der Waals surface area contributed by atoms with Gasteiger partial charge in [-0.2, -0.15) is 5.10 Å². The fourth-order valence-corrected chi connectivity index (χ4v) is 4.40. The molecule has 0 amide bonds. The van der Waals surface area contributed by atoms with Gasteiger partial charge >= 0.3 is 0 Å². The second kappa shape index (κ2) is 7.17. The van der Waals surface area contributed by atoms with Crippen molar-refractivity contribution in [2.45, 2.75) is 25.9 Å². The maximum Gasteiger partial charge on any atom is 0.124 e. The Kier molecular flexibility index (Phi) is 4.37. The number of H-pyrrole nitrogens is 2. The highest BCUT2D eigenvalue weighted by Crippen LogP contribution is 2.41. The molecule has 28 heavy (non-hydrogen) atoms. The summed E-state index contributed by atoms with van der Waals surface area (Å²) < 4.78 is 6.00. The molecule has 2 aromatic heterocycles. The van der Waals surface area contributed by atoms with Crippen LogP contribution in [0.5, 0.6) is 5.75 Å². The topological polar surface area (TPSA) is 56.9 Å². The maximum atomic E-state index is 6.00. The normalized spacial score (nSPS) is 17.0. The van der Waals surface area contributed by atoms with Crippen molar-refractivity contribution in [1.82, 2.24) is 20.1 Å². The monoisotopic (exact) mass is 372 g/mol. The highest BCUT2D eigenvalue weighted by atomic mass is 16.5. The van der Waals surface area contributed by atoms with Crippen molar-refractivity contribution in [1.29, 1.82) is 0 Å². The van der Waals surface area contributed by atoms with Crippen molar-refractivity contribution in [2.75, 3.05) is 13.2 Å². The molecule has 0 radical (unpaired) electrons. The van der Waals surface area contributed by atoms with Crippen molar-refractivity contribution in [2.24, 2.45) is 0 Å². The Morgan fingerprint density at radius 1 is 1.11 bits per heavy atom. The van der Waals surface area contributed by atoms with Crippen LogP contribution >= 0.6 is 0 Å². The van der Waals surface area contributed by atoms with Crippen LogP contribution in [0.25, 0.3) is 10.9 Å². The van der Waals surface area contributed by atoms with Gasteiger partial charge in [-0.1, -0.05) is 36.4 Å². The van der Waals surface area contributed by atoms with Gasteiger partial charge in [0.1, 0.15) is 5.75 Å². The minimum absolute atomic E-state index is 0.113. The van der Waals surface area contributed by atoms with E-state index in [-0.39, 0.29) is 6.04 Å². The summed E-state index contributed by atoms with van der Waals surface area (Å²) in [6, 6.07) is 19.2. The quantitative estimate of drug-likeness (QED) is 0.545. The molecular weight excluding hydrogens is 348 g/mol. The van der Waals surface area contributed by atoms with E-state index in [4.69, 9.17) is 4.74 Å². The molecule has 0 spiro atoms. The lowest BCUT2D eigenvalue weighted by molar-refractivity contribution is 0.194. The number of benzene rings is 2. The third-order valence-corrected chi connectivity index (χ3v) is 5.58. The van der Waals surface area contributed by atoms with E-state index in [2.05, 4.69) is 62.5 Å². The smallest absolute Gasteiger partial charge is 0.124 e. The Labute approximate surface area is 164 Å². The van der Waals surface area contributed by atoms with Gasteiger partial charge in [-0.25, -0.2) is 0 Å². The predicted octanol–water partition coefficient (Wildman–Crippen LogP) is 4.44. The number of ether oxygens (including phenoxy) is 1. The number of nitrogens with zero attached hydrogens (tertiary/aromatic N) is 2. The summed E-state index contributed by atoms with van der Waals surface area (Å²) in [5, 5.41) is 8.57. The number of aromatic amines is 2. The molecule has 0 saturated carbocycles. The predicted molar refractivity (Wildman–Crippen MR) is 110 cm³/mol. The second-order valence-electron chi connectivity index (χ2n) is 7.24. The summed E-state index contributed by atoms with van der Waals surface area (Å²) in [5.74, 6) is 0.955. The van der Waals surface area contributed by atoms with E-state index in [9.17, 15) is 0 Å². The number of aromatic nitrogens is 3. The van der Waals surface area contributed by atoms with Crippen LogP contribution in [0.2, 0.25) is 0 Å². The van der Waals surface area contributed by atoms with Crippen molar-refractivity contribution in [3.63, 3.8) is 0 Å². The van der Waals surface area contributed by atoms with E-state index >= 15 is 0 Å². The van der Waals surface area contributed by atoms with Crippen LogP contribution in [0.1, 0.15) is 35.5 Å². The first-order chi connectivity index (χ1) is 13.8. The summed E-state index contributed by atoms with van der Waals surface area (Å²) in [7, 11) is 0. The Balaban J connectivity index is 1.66. The molecule has 0 saturated heterocycles. The number of nitrogens with one attached hydrogen (secondary N) is 2. The highest BCUT2D eigenvalue weighted by Gasteiger charge is 2.33. The van der Waals surface area contributed by atoms with Crippen LogP contribution in [0.15, 0.2) is 60.8 Å². The lowest BCUT2D eigenvalue weighted by Gasteiger charge is -2.36. The molecule has 5 heteroatoms. The summed E-state index contributed by atoms with van der Waals surface area (Å²) in [4.78, 5) is 6.22. The first-order valence-electron chi connectivity index (χ1n) is 9.88. The molecule has 0 fully saturated rings. The zero-order valence-electron chi connectivity index (χ0n) is 16.0. The SMILES string of the molecule is CCOc1ccccc1[C@@H]1c2[nH]c3ccccc3c2CCN1Cc1ccn[nH]1. The summed E-state index contributed by atoms with van der Waals surface area (Å²) in [6.45, 7) is 4.50. The Morgan fingerprint density at radius 2 is 1.96 bits per heavy atom. The largest absolute Gasteiger partial charge is 0.494 e. The van der Waals surface area contributed by atoms with Crippen molar-refractivity contribution in [3.8, 4) is 5.75 Å². The highest BCUT2D eigenvalue weighted by molar-refractivity contribution is 5.85. The van der Waals surface area contributed by atoms with Crippen molar-refractivity contribution in [3.05, 3.63) is 83.3 Å². The number of rotatable bonds is 5. The van der Waals surface area contributed by atoms with Gasteiger partial charge in [-0.05, 0) is 37.1 Å². The van der Waals surface area contributed by atoms with E-state index in [0.717, 1.165) is 31.0 Å². The molecule has 2 N–H and O–H groups in total. The third-order valence-electron chi connectivity index (χ3n) is 5.58. The molecule has 142 valence electrons. The zero-order valence-corrected chi connectivity index (χ0v) is 16.0. The summed E-state index contributed by atoms with van der Waals surface area (Å²) in [6.07, 6.45) is 2.84. The van der Waals surface area contributed by atoms with E-state index in [1.807, 2.05) is 25.3 Å². The molecule has 0 aliphatic carbocycles. The molecule has 3 heterocycles. The number of fused-ring (bicyclic) bond motifs is 3. The van der Waals surface area contributed by atoms with Crippen LogP contribution in [-0.2, 0) is 13.0 Å². The van der Waals surface area contributed by atoms with Crippen LogP contribution in [0.4, 0.5) is 0 Å². The molecule has 1 aliphatic rings. The van der Waals surface area contributed by atoms with Gasteiger partial charge in [0.2, 0.25) is 0 Å². The number of hydrogen-bond donors (Lipinski definition) is 2. The van der Waals surface area contributed by atoms with Crippen molar-refractivity contribution < 1.29 is 4.74 Å². The second-order valence-corrected chi connectivity index (χ2v) is 7.24. The zero-order chi connectivity index (χ0) is 18.9. The molecule has 0 bridgehead atoms. The van der Waals surface area contributed by atoms with Gasteiger partial charge in [0.15, 0.2) is 0 Å². The Bertz CT molecular complexity index is 1080. The average Bonchev–Trinajstić information content (AvgIpc) is 3.36. The fraction of sp³-hybridized carbons (Fsp3) is 0.261. The van der Waals surface area contributed by atoms with E-state index in [1.165, 1.54) is 27.7 Å². The summed E-state index contributed by atoms with van der Waals surface area (Å²) >= 11 is 0. The van der Waals surface area contributed by atoms with Gasteiger partial charge in [0.05, 0.1) is 12.6 Å². The van der Waals surface area contributed by atoms with Crippen LogP contribution in [-0.4, -0.2) is 33.2 Å². The van der Waals surface area contributed by atoms with Gasteiger partial charge in [0.25, 0.3) is 0 Å². The molecule has 0 unspecified atom stereocenters. The lowest BCUT2D eigenvalue weighted by atomic mass is 9.91. The van der Waals surface area contributed by atoms with Gasteiger partial charge < -0.3 is 9.72 Å². The van der Waals surface area contributed by atoms with E-state index in [0.29, 0.717) is 6.61 Å². The first-order valence-corrected chi connectivity index (χ1v) is 9.88. The molecule has 4 aromatic rings. The third kappa shape index (κ3) is 2.88. The first kappa shape index (κ1) is 17.1. The van der Waals surface area contributed by atoms with Gasteiger partial charge in [-0.15, -0.1) is 0 Å².